The number of carbonyl (C=O) groups is 1. The van der Waals surface area contributed by atoms with E-state index >= 15 is 0 Å². The lowest BCUT2D eigenvalue weighted by Gasteiger charge is -2.37. The van der Waals surface area contributed by atoms with Crippen LogP contribution >= 0.6 is 0 Å². The van der Waals surface area contributed by atoms with Gasteiger partial charge in [0.25, 0.3) is 0 Å². The first-order chi connectivity index (χ1) is 10.3. The summed E-state index contributed by atoms with van der Waals surface area (Å²) in [4.78, 5) is 15.1. The monoisotopic (exact) mass is 307 g/mol. The molecule has 0 amide bonds. The third-order valence-electron chi connectivity index (χ3n) is 6.31. The summed E-state index contributed by atoms with van der Waals surface area (Å²) in [6.45, 7) is 13.2. The van der Waals surface area contributed by atoms with Crippen LogP contribution in [0.3, 0.4) is 0 Å². The van der Waals surface area contributed by atoms with Crippen molar-refractivity contribution in [3.05, 3.63) is 0 Å². The zero-order valence-electron chi connectivity index (χ0n) is 15.5. The van der Waals surface area contributed by atoms with E-state index in [0.717, 1.165) is 30.8 Å². The number of hydrogen-bond donors (Lipinski definition) is 0. The average Bonchev–Trinajstić information content (AvgIpc) is 2.73. The zero-order chi connectivity index (χ0) is 16.3. The van der Waals surface area contributed by atoms with Crippen molar-refractivity contribution in [1.29, 1.82) is 0 Å². The Morgan fingerprint density at radius 3 is 2.59 bits per heavy atom. The summed E-state index contributed by atoms with van der Waals surface area (Å²) in [7, 11) is 0. The Kier molecular flexibility index (Phi) is 6.10. The van der Waals surface area contributed by atoms with Gasteiger partial charge in [-0.1, -0.05) is 47.5 Å². The minimum atomic E-state index is 0.0983. The highest BCUT2D eigenvalue weighted by atomic mass is 16.1. The van der Waals surface area contributed by atoms with Crippen LogP contribution in [0.5, 0.6) is 0 Å². The molecular formula is C20H37NO. The molecule has 2 heterocycles. The SMILES string of the molecule is CCC[C@H]1CC2CCC(C1)N(CCC(=O)C(C)C(C)(C)C)C2. The van der Waals surface area contributed by atoms with Crippen molar-refractivity contribution in [2.75, 3.05) is 13.1 Å². The van der Waals surface area contributed by atoms with Crippen molar-refractivity contribution in [1.82, 2.24) is 4.90 Å². The van der Waals surface area contributed by atoms with Crippen LogP contribution in [0.4, 0.5) is 0 Å². The smallest absolute Gasteiger partial charge is 0.137 e. The summed E-state index contributed by atoms with van der Waals surface area (Å²) in [6, 6.07) is 0.757. The number of rotatable bonds is 6. The lowest BCUT2D eigenvalue weighted by molar-refractivity contribution is -0.125. The van der Waals surface area contributed by atoms with Crippen LogP contribution in [0.2, 0.25) is 0 Å². The summed E-state index contributed by atoms with van der Waals surface area (Å²) in [5.41, 5.74) is 0.0983. The molecule has 0 aromatic heterocycles. The molecule has 0 spiro atoms. The van der Waals surface area contributed by atoms with Crippen LogP contribution in [0.25, 0.3) is 0 Å². The van der Waals surface area contributed by atoms with E-state index in [1.54, 1.807) is 0 Å². The highest BCUT2D eigenvalue weighted by Gasteiger charge is 2.35. The van der Waals surface area contributed by atoms with Crippen LogP contribution in [0.15, 0.2) is 0 Å². The Balaban J connectivity index is 1.87. The summed E-state index contributed by atoms with van der Waals surface area (Å²) in [5.74, 6) is 2.46. The first-order valence-corrected chi connectivity index (χ1v) is 9.58. The number of nitrogens with zero attached hydrogens (tertiary/aromatic N) is 1. The molecule has 3 aliphatic rings. The second-order valence-corrected chi connectivity index (χ2v) is 9.02. The van der Waals surface area contributed by atoms with Crippen molar-refractivity contribution in [2.45, 2.75) is 85.6 Å². The minimum absolute atomic E-state index is 0.0983. The fraction of sp³-hybridized carbons (Fsp3) is 0.950. The molecule has 1 saturated carbocycles. The molecule has 3 unspecified atom stereocenters. The average molecular weight is 308 g/mol. The van der Waals surface area contributed by atoms with E-state index in [4.69, 9.17) is 0 Å². The van der Waals surface area contributed by atoms with Gasteiger partial charge in [0.1, 0.15) is 5.78 Å². The number of piperidine rings is 1. The summed E-state index contributed by atoms with van der Waals surface area (Å²) >= 11 is 0. The van der Waals surface area contributed by atoms with Gasteiger partial charge in [-0.05, 0) is 42.9 Å². The zero-order valence-corrected chi connectivity index (χ0v) is 15.5. The van der Waals surface area contributed by atoms with Crippen LogP contribution in [0.1, 0.15) is 79.6 Å². The molecule has 3 rings (SSSR count). The van der Waals surface area contributed by atoms with Crippen LogP contribution < -0.4 is 0 Å². The molecule has 1 aliphatic carbocycles. The number of hydrogen-bond acceptors (Lipinski definition) is 2. The largest absolute Gasteiger partial charge is 0.300 e. The normalized spacial score (nSPS) is 31.0. The topological polar surface area (TPSA) is 20.3 Å². The second kappa shape index (κ2) is 7.47. The number of Topliss-reactive ketones (excluding diaryl/α,β-unsaturated/α-hetero) is 1. The molecule has 0 aromatic carbocycles. The minimum Gasteiger partial charge on any atom is -0.300 e. The lowest BCUT2D eigenvalue weighted by Crippen LogP contribution is -2.43. The Labute approximate surface area is 138 Å². The molecule has 128 valence electrons. The van der Waals surface area contributed by atoms with E-state index in [9.17, 15) is 4.79 Å². The summed E-state index contributed by atoms with van der Waals surface area (Å²) < 4.78 is 0. The van der Waals surface area contributed by atoms with E-state index in [1.807, 2.05) is 0 Å². The van der Waals surface area contributed by atoms with Gasteiger partial charge in [0.05, 0.1) is 0 Å². The highest BCUT2D eigenvalue weighted by Crippen LogP contribution is 2.38. The fourth-order valence-electron chi connectivity index (χ4n) is 4.47. The summed E-state index contributed by atoms with van der Waals surface area (Å²) in [6.07, 6.45) is 9.09. The lowest BCUT2D eigenvalue weighted by atomic mass is 9.78. The number of ketones is 1. The molecule has 0 radical (unpaired) electrons. The van der Waals surface area contributed by atoms with Crippen molar-refractivity contribution in [3.8, 4) is 0 Å². The molecule has 2 saturated heterocycles. The molecular weight excluding hydrogens is 270 g/mol. The maximum absolute atomic E-state index is 12.5. The fourth-order valence-corrected chi connectivity index (χ4v) is 4.47. The molecule has 0 aromatic rings. The van der Waals surface area contributed by atoms with Gasteiger partial charge in [-0.25, -0.2) is 0 Å². The predicted octanol–water partition coefficient (Wildman–Crippen LogP) is 4.92. The quantitative estimate of drug-likeness (QED) is 0.694. The van der Waals surface area contributed by atoms with Gasteiger partial charge < -0.3 is 0 Å². The standard InChI is InChI=1S/C20H37NO/c1-6-7-16-12-17-8-9-18(13-16)21(14-17)11-10-19(22)15(2)20(3,4)5/h15-18H,6-14H2,1-5H3/t15?,16-,17?,18?/m0/s1. The third kappa shape index (κ3) is 4.57. The molecule has 4 atom stereocenters. The van der Waals surface area contributed by atoms with E-state index in [-0.39, 0.29) is 11.3 Å². The van der Waals surface area contributed by atoms with Crippen molar-refractivity contribution in [3.63, 3.8) is 0 Å². The van der Waals surface area contributed by atoms with E-state index < -0.39 is 0 Å². The van der Waals surface area contributed by atoms with Gasteiger partial charge in [-0.2, -0.15) is 0 Å². The molecule has 2 aliphatic heterocycles. The Morgan fingerprint density at radius 2 is 1.95 bits per heavy atom. The predicted molar refractivity (Wildman–Crippen MR) is 94.0 cm³/mol. The Hall–Kier alpha value is -0.370. The number of fused-ring (bicyclic) bond motifs is 4. The highest BCUT2D eigenvalue weighted by molar-refractivity contribution is 5.81. The van der Waals surface area contributed by atoms with Gasteiger partial charge in [0.15, 0.2) is 0 Å². The van der Waals surface area contributed by atoms with Crippen LogP contribution in [0, 0.1) is 23.2 Å². The van der Waals surface area contributed by atoms with E-state index in [0.29, 0.717) is 5.78 Å². The molecule has 22 heavy (non-hydrogen) atoms. The van der Waals surface area contributed by atoms with Gasteiger partial charge >= 0.3 is 0 Å². The molecule has 2 bridgehead atoms. The summed E-state index contributed by atoms with van der Waals surface area (Å²) in [5, 5.41) is 0. The maximum Gasteiger partial charge on any atom is 0.137 e. The molecule has 0 N–H and O–H groups in total. The van der Waals surface area contributed by atoms with Crippen molar-refractivity contribution in [2.24, 2.45) is 23.2 Å². The van der Waals surface area contributed by atoms with E-state index in [1.165, 1.54) is 45.1 Å². The van der Waals surface area contributed by atoms with E-state index in [2.05, 4.69) is 39.5 Å². The van der Waals surface area contributed by atoms with Gasteiger partial charge in [0, 0.05) is 31.5 Å². The van der Waals surface area contributed by atoms with Crippen LogP contribution in [-0.2, 0) is 4.79 Å². The van der Waals surface area contributed by atoms with Crippen LogP contribution in [-0.4, -0.2) is 29.8 Å². The molecule has 2 heteroatoms. The Morgan fingerprint density at radius 1 is 1.23 bits per heavy atom. The first-order valence-electron chi connectivity index (χ1n) is 9.58. The van der Waals surface area contributed by atoms with Crippen molar-refractivity contribution < 1.29 is 4.79 Å². The maximum atomic E-state index is 12.5. The molecule has 3 fully saturated rings. The molecule has 2 nitrogen and oxygen atoms in total. The van der Waals surface area contributed by atoms with Gasteiger partial charge in [-0.3, -0.25) is 9.69 Å². The Bertz CT molecular complexity index is 370. The first kappa shape index (κ1) is 18.0. The van der Waals surface area contributed by atoms with Gasteiger partial charge in [0.2, 0.25) is 0 Å². The van der Waals surface area contributed by atoms with Gasteiger partial charge in [-0.15, -0.1) is 0 Å². The van der Waals surface area contributed by atoms with Crippen molar-refractivity contribution >= 4 is 5.78 Å². The second-order valence-electron chi connectivity index (χ2n) is 9.02. The third-order valence-corrected chi connectivity index (χ3v) is 6.31. The number of carbonyl (C=O) groups excluding carboxylic acids is 1.